The Morgan fingerprint density at radius 2 is 1.89 bits per heavy atom. The van der Waals surface area contributed by atoms with E-state index in [4.69, 9.17) is 9.47 Å². The minimum absolute atomic E-state index is 0.00385. The molecule has 0 aromatic heterocycles. The Hall–Kier alpha value is -1.58. The van der Waals surface area contributed by atoms with Crippen LogP contribution in [0, 0.1) is 28.6 Å². The smallest absolute Gasteiger partial charge is 0.306 e. The maximum Gasteiger partial charge on any atom is 0.306 e. The van der Waals surface area contributed by atoms with Crippen LogP contribution in [0.3, 0.4) is 0 Å². The molecule has 0 aromatic rings. The number of esters is 2. The average molecular weight is 385 g/mol. The van der Waals surface area contributed by atoms with E-state index in [1.54, 1.807) is 0 Å². The Morgan fingerprint density at radius 1 is 1.11 bits per heavy atom. The van der Waals surface area contributed by atoms with Crippen molar-refractivity contribution in [3.8, 4) is 0 Å². The molecule has 0 aromatic carbocycles. The van der Waals surface area contributed by atoms with E-state index in [9.17, 15) is 9.59 Å². The molecule has 7 atom stereocenters. The van der Waals surface area contributed by atoms with Gasteiger partial charge in [0.05, 0.1) is 0 Å². The van der Waals surface area contributed by atoms with Crippen LogP contribution in [0.15, 0.2) is 23.8 Å². The van der Waals surface area contributed by atoms with Gasteiger partial charge in [-0.2, -0.15) is 0 Å². The summed E-state index contributed by atoms with van der Waals surface area (Å²) in [5, 5.41) is 0. The molecule has 1 spiro atoms. The molecule has 2 saturated carbocycles. The topological polar surface area (TPSA) is 52.6 Å². The minimum Gasteiger partial charge on any atom is -0.458 e. The summed E-state index contributed by atoms with van der Waals surface area (Å²) in [6.07, 6.45) is 14.9. The molecule has 4 nitrogen and oxygen atoms in total. The van der Waals surface area contributed by atoms with E-state index in [2.05, 4.69) is 32.1 Å². The zero-order valence-electron chi connectivity index (χ0n) is 17.3. The number of hydrogen-bond donors (Lipinski definition) is 0. The molecule has 152 valence electrons. The number of hydrogen-bond acceptors (Lipinski definition) is 4. The quantitative estimate of drug-likeness (QED) is 0.613. The van der Waals surface area contributed by atoms with Gasteiger partial charge in [-0.25, -0.2) is 0 Å². The van der Waals surface area contributed by atoms with Crippen molar-refractivity contribution in [3.63, 3.8) is 0 Å². The van der Waals surface area contributed by atoms with Crippen molar-refractivity contribution < 1.29 is 19.1 Å². The summed E-state index contributed by atoms with van der Waals surface area (Å²) in [6, 6.07) is 0. The SMILES string of the molecule is CC(=O)O[C@H]1C=C2C=C[C@@H]3[C@H]4CC[C@]5(CCC(=O)O5)[C@@]4(C)CC[C@@H]3[C@]2(C)CC1. The standard InChI is InChI=1S/C24H32O4/c1-15(25)27-17-6-10-22(2)16(14-17)4-5-18-19(22)7-11-23(3)20(18)8-12-24(23)13-9-21(26)28-24/h4-5,14,17-20H,6-13H2,1-3H3/t17-,18+,19+,20-,22-,23+,24+/m1/s1. The maximum absolute atomic E-state index is 12.0. The van der Waals surface area contributed by atoms with Crippen molar-refractivity contribution in [2.24, 2.45) is 28.6 Å². The Kier molecular flexibility index (Phi) is 3.93. The van der Waals surface area contributed by atoms with E-state index in [1.807, 2.05) is 0 Å². The van der Waals surface area contributed by atoms with Crippen LogP contribution in [0.1, 0.15) is 72.1 Å². The summed E-state index contributed by atoms with van der Waals surface area (Å²) in [5.41, 5.74) is 1.42. The lowest BCUT2D eigenvalue weighted by atomic mass is 9.48. The molecule has 5 aliphatic rings. The highest BCUT2D eigenvalue weighted by molar-refractivity contribution is 5.72. The maximum atomic E-state index is 12.0. The normalized spacial score (nSPS) is 49.1. The van der Waals surface area contributed by atoms with E-state index in [1.165, 1.54) is 25.3 Å². The first-order valence-electron chi connectivity index (χ1n) is 11.1. The first kappa shape index (κ1) is 18.4. The molecular formula is C24H32O4. The van der Waals surface area contributed by atoms with Gasteiger partial charge in [0.25, 0.3) is 0 Å². The third-order valence-electron chi connectivity index (χ3n) is 9.27. The van der Waals surface area contributed by atoms with Crippen LogP contribution in [0.5, 0.6) is 0 Å². The molecule has 4 heteroatoms. The van der Waals surface area contributed by atoms with Gasteiger partial charge in [-0.1, -0.05) is 26.0 Å². The Labute approximate surface area is 167 Å². The second-order valence-corrected chi connectivity index (χ2v) is 10.3. The highest BCUT2D eigenvalue weighted by Gasteiger charge is 2.66. The molecular weight excluding hydrogens is 352 g/mol. The van der Waals surface area contributed by atoms with Gasteiger partial charge in [-0.3, -0.25) is 9.59 Å². The van der Waals surface area contributed by atoms with Crippen molar-refractivity contribution in [1.82, 2.24) is 0 Å². The Morgan fingerprint density at radius 3 is 2.61 bits per heavy atom. The summed E-state index contributed by atoms with van der Waals surface area (Å²) in [7, 11) is 0. The highest BCUT2D eigenvalue weighted by atomic mass is 16.6. The van der Waals surface area contributed by atoms with Crippen LogP contribution in [0.25, 0.3) is 0 Å². The molecule has 4 aliphatic carbocycles. The molecule has 0 unspecified atom stereocenters. The van der Waals surface area contributed by atoms with Gasteiger partial charge in [0, 0.05) is 18.8 Å². The minimum atomic E-state index is -0.211. The van der Waals surface area contributed by atoms with E-state index < -0.39 is 0 Å². The van der Waals surface area contributed by atoms with Gasteiger partial charge < -0.3 is 9.47 Å². The fourth-order valence-corrected chi connectivity index (χ4v) is 7.73. The van der Waals surface area contributed by atoms with Crippen molar-refractivity contribution in [2.45, 2.75) is 83.8 Å². The van der Waals surface area contributed by atoms with Gasteiger partial charge in [-0.05, 0) is 79.8 Å². The van der Waals surface area contributed by atoms with E-state index >= 15 is 0 Å². The summed E-state index contributed by atoms with van der Waals surface area (Å²) in [6.45, 7) is 6.32. The lowest BCUT2D eigenvalue weighted by Crippen LogP contribution is -2.53. The zero-order valence-corrected chi connectivity index (χ0v) is 17.3. The predicted molar refractivity (Wildman–Crippen MR) is 105 cm³/mol. The van der Waals surface area contributed by atoms with Crippen LogP contribution in [0.2, 0.25) is 0 Å². The fraction of sp³-hybridized carbons (Fsp3) is 0.750. The van der Waals surface area contributed by atoms with Gasteiger partial charge in [0.15, 0.2) is 0 Å². The van der Waals surface area contributed by atoms with Crippen molar-refractivity contribution in [2.75, 3.05) is 0 Å². The molecule has 1 heterocycles. The molecule has 0 bridgehead atoms. The van der Waals surface area contributed by atoms with Crippen LogP contribution in [0.4, 0.5) is 0 Å². The largest absolute Gasteiger partial charge is 0.458 e. The van der Waals surface area contributed by atoms with Crippen LogP contribution >= 0.6 is 0 Å². The molecule has 0 N–H and O–H groups in total. The molecule has 1 saturated heterocycles. The van der Waals surface area contributed by atoms with Crippen LogP contribution in [-0.2, 0) is 19.1 Å². The number of allylic oxidation sites excluding steroid dienone is 3. The first-order chi connectivity index (χ1) is 13.3. The predicted octanol–water partition coefficient (Wildman–Crippen LogP) is 4.73. The molecule has 28 heavy (non-hydrogen) atoms. The molecule has 0 radical (unpaired) electrons. The third kappa shape index (κ3) is 2.35. The van der Waals surface area contributed by atoms with E-state index in [-0.39, 0.29) is 34.5 Å². The van der Waals surface area contributed by atoms with Crippen molar-refractivity contribution in [1.29, 1.82) is 0 Å². The number of rotatable bonds is 1. The van der Waals surface area contributed by atoms with Crippen LogP contribution in [-0.4, -0.2) is 23.6 Å². The molecule has 0 amide bonds. The van der Waals surface area contributed by atoms with E-state index in [0.29, 0.717) is 24.2 Å². The second-order valence-electron chi connectivity index (χ2n) is 10.3. The number of carbonyl (C=O) groups excluding carboxylic acids is 2. The number of ether oxygens (including phenoxy) is 2. The van der Waals surface area contributed by atoms with Gasteiger partial charge >= 0.3 is 11.9 Å². The third-order valence-corrected chi connectivity index (χ3v) is 9.27. The lowest BCUT2D eigenvalue weighted by molar-refractivity contribution is -0.165. The van der Waals surface area contributed by atoms with Crippen LogP contribution < -0.4 is 0 Å². The monoisotopic (exact) mass is 384 g/mol. The van der Waals surface area contributed by atoms with Gasteiger partial charge in [-0.15, -0.1) is 0 Å². The van der Waals surface area contributed by atoms with E-state index in [0.717, 1.165) is 32.1 Å². The Balaban J connectivity index is 1.46. The summed E-state index contributed by atoms with van der Waals surface area (Å²) >= 11 is 0. The summed E-state index contributed by atoms with van der Waals surface area (Å²) in [4.78, 5) is 23.4. The van der Waals surface area contributed by atoms with Gasteiger partial charge in [0.1, 0.15) is 11.7 Å². The van der Waals surface area contributed by atoms with Crippen molar-refractivity contribution in [3.05, 3.63) is 23.8 Å². The fourth-order valence-electron chi connectivity index (χ4n) is 7.73. The molecule has 5 rings (SSSR count). The average Bonchev–Trinajstić information content (AvgIpc) is 3.16. The highest BCUT2D eigenvalue weighted by Crippen LogP contribution is 2.68. The number of fused-ring (bicyclic) bond motifs is 6. The molecule has 1 aliphatic heterocycles. The second kappa shape index (κ2) is 5.96. The van der Waals surface area contributed by atoms with Gasteiger partial charge in [0.2, 0.25) is 0 Å². The first-order valence-corrected chi connectivity index (χ1v) is 11.1. The zero-order chi connectivity index (χ0) is 19.7. The van der Waals surface area contributed by atoms with Crippen molar-refractivity contribution >= 4 is 11.9 Å². The number of carbonyl (C=O) groups is 2. The summed E-state index contributed by atoms with van der Waals surface area (Å²) in [5.74, 6) is 1.60. The Bertz CT molecular complexity index is 781. The molecule has 3 fully saturated rings. The summed E-state index contributed by atoms with van der Waals surface area (Å²) < 4.78 is 11.5. The lowest BCUT2D eigenvalue weighted by Gasteiger charge is -2.57.